The third-order valence-electron chi connectivity index (χ3n) is 5.66. The maximum Gasteiger partial charge on any atom is 0.253 e. The van der Waals surface area contributed by atoms with Crippen molar-refractivity contribution in [3.05, 3.63) is 54.2 Å². The van der Waals surface area contributed by atoms with E-state index >= 15 is 0 Å². The number of fused-ring (bicyclic) bond motifs is 1. The quantitative estimate of drug-likeness (QED) is 0.758. The largest absolute Gasteiger partial charge is 0.354 e. The molecule has 2 aliphatic rings. The van der Waals surface area contributed by atoms with Crippen molar-refractivity contribution >= 4 is 22.8 Å². The standard InChI is InChI=1S/C20H20FN5O/c21-15-3-1-14(2-4-15)19(27)26-10-9-25(11-20(12-26)6-7-20)18-16-5-8-22-17(16)23-13-24-18/h1-5,8,13H,6-7,9-12H2,(H,22,23,24). The van der Waals surface area contributed by atoms with E-state index in [1.807, 2.05) is 17.2 Å². The smallest absolute Gasteiger partial charge is 0.253 e. The van der Waals surface area contributed by atoms with E-state index in [0.29, 0.717) is 18.7 Å². The molecule has 0 bridgehead atoms. The number of H-pyrrole nitrogens is 1. The van der Waals surface area contributed by atoms with Crippen LogP contribution in [0.25, 0.3) is 11.0 Å². The van der Waals surface area contributed by atoms with Gasteiger partial charge in [-0.2, -0.15) is 0 Å². The summed E-state index contributed by atoms with van der Waals surface area (Å²) in [5.74, 6) is 0.563. The molecule has 0 radical (unpaired) electrons. The maximum absolute atomic E-state index is 13.2. The number of benzene rings is 1. The predicted molar refractivity (Wildman–Crippen MR) is 100 cm³/mol. The molecule has 2 fully saturated rings. The van der Waals surface area contributed by atoms with Crippen molar-refractivity contribution in [2.45, 2.75) is 12.8 Å². The Kier molecular flexibility index (Phi) is 3.63. The minimum Gasteiger partial charge on any atom is -0.354 e. The number of hydrogen-bond acceptors (Lipinski definition) is 4. The molecular weight excluding hydrogens is 345 g/mol. The Morgan fingerprint density at radius 2 is 1.89 bits per heavy atom. The molecule has 1 aliphatic heterocycles. The summed E-state index contributed by atoms with van der Waals surface area (Å²) in [6.07, 6.45) is 5.67. The highest BCUT2D eigenvalue weighted by atomic mass is 19.1. The van der Waals surface area contributed by atoms with Gasteiger partial charge in [0.05, 0.1) is 5.39 Å². The lowest BCUT2D eigenvalue weighted by molar-refractivity contribution is 0.0741. The number of aromatic amines is 1. The topological polar surface area (TPSA) is 65.1 Å². The van der Waals surface area contributed by atoms with Crippen LogP contribution in [-0.2, 0) is 0 Å². The molecule has 138 valence electrons. The van der Waals surface area contributed by atoms with E-state index in [0.717, 1.165) is 42.8 Å². The van der Waals surface area contributed by atoms with E-state index in [-0.39, 0.29) is 17.1 Å². The Morgan fingerprint density at radius 1 is 1.07 bits per heavy atom. The maximum atomic E-state index is 13.2. The summed E-state index contributed by atoms with van der Waals surface area (Å²) in [5, 5.41) is 1.01. The van der Waals surface area contributed by atoms with Gasteiger partial charge in [-0.3, -0.25) is 4.79 Å². The number of aromatic nitrogens is 3. The molecule has 0 unspecified atom stereocenters. The van der Waals surface area contributed by atoms with Gasteiger partial charge in [0.15, 0.2) is 0 Å². The minimum atomic E-state index is -0.327. The van der Waals surface area contributed by atoms with E-state index in [1.165, 1.54) is 12.1 Å². The van der Waals surface area contributed by atoms with Crippen LogP contribution in [0.3, 0.4) is 0 Å². The van der Waals surface area contributed by atoms with E-state index < -0.39 is 0 Å². The van der Waals surface area contributed by atoms with Crippen LogP contribution in [0.1, 0.15) is 23.2 Å². The highest BCUT2D eigenvalue weighted by molar-refractivity contribution is 5.94. The summed E-state index contributed by atoms with van der Waals surface area (Å²) < 4.78 is 13.2. The van der Waals surface area contributed by atoms with Gasteiger partial charge in [0.2, 0.25) is 0 Å². The zero-order valence-corrected chi connectivity index (χ0v) is 14.9. The Labute approximate surface area is 156 Å². The third kappa shape index (κ3) is 2.93. The van der Waals surface area contributed by atoms with Crippen molar-refractivity contribution in [2.75, 3.05) is 31.1 Å². The Morgan fingerprint density at radius 3 is 2.67 bits per heavy atom. The first kappa shape index (κ1) is 16.2. The summed E-state index contributed by atoms with van der Waals surface area (Å²) in [5.41, 5.74) is 1.49. The molecule has 5 rings (SSSR count). The van der Waals surface area contributed by atoms with Crippen LogP contribution < -0.4 is 4.90 Å². The fourth-order valence-corrected chi connectivity index (χ4v) is 3.99. The summed E-state index contributed by atoms with van der Waals surface area (Å²) in [7, 11) is 0. The molecule has 1 aromatic carbocycles. The van der Waals surface area contributed by atoms with Crippen LogP contribution in [0.5, 0.6) is 0 Å². The molecule has 1 saturated heterocycles. The molecular formula is C20H20FN5O. The molecule has 1 N–H and O–H groups in total. The molecule has 1 amide bonds. The van der Waals surface area contributed by atoms with Gasteiger partial charge in [-0.05, 0) is 43.2 Å². The lowest BCUT2D eigenvalue weighted by Crippen LogP contribution is -2.36. The molecule has 27 heavy (non-hydrogen) atoms. The van der Waals surface area contributed by atoms with Gasteiger partial charge in [-0.1, -0.05) is 0 Å². The summed E-state index contributed by atoms with van der Waals surface area (Å²) in [6.45, 7) is 2.96. The lowest BCUT2D eigenvalue weighted by atomic mass is 10.1. The van der Waals surface area contributed by atoms with Gasteiger partial charge >= 0.3 is 0 Å². The molecule has 2 aromatic heterocycles. The Bertz CT molecular complexity index is 995. The van der Waals surface area contributed by atoms with E-state index in [1.54, 1.807) is 18.5 Å². The van der Waals surface area contributed by atoms with Crippen LogP contribution in [0.4, 0.5) is 10.2 Å². The average molecular weight is 365 g/mol. The normalized spacial score (nSPS) is 18.7. The van der Waals surface area contributed by atoms with Gasteiger partial charge in [0, 0.05) is 43.4 Å². The predicted octanol–water partition coefficient (Wildman–Crippen LogP) is 2.84. The first-order valence-corrected chi connectivity index (χ1v) is 9.22. The molecule has 6 nitrogen and oxygen atoms in total. The number of carbonyl (C=O) groups excluding carboxylic acids is 1. The highest BCUT2D eigenvalue weighted by Gasteiger charge is 2.48. The fraction of sp³-hybridized carbons (Fsp3) is 0.350. The number of nitrogens with one attached hydrogen (secondary N) is 1. The van der Waals surface area contributed by atoms with E-state index in [9.17, 15) is 9.18 Å². The second-order valence-electron chi connectivity index (χ2n) is 7.59. The van der Waals surface area contributed by atoms with Crippen molar-refractivity contribution in [1.82, 2.24) is 19.9 Å². The summed E-state index contributed by atoms with van der Waals surface area (Å²) in [6, 6.07) is 7.81. The van der Waals surface area contributed by atoms with Crippen molar-refractivity contribution in [3.63, 3.8) is 0 Å². The molecule has 1 aliphatic carbocycles. The molecule has 1 saturated carbocycles. The number of rotatable bonds is 2. The van der Waals surface area contributed by atoms with Gasteiger partial charge in [-0.25, -0.2) is 14.4 Å². The number of carbonyl (C=O) groups is 1. The zero-order chi connectivity index (χ0) is 18.4. The van der Waals surface area contributed by atoms with Gasteiger partial charge in [-0.15, -0.1) is 0 Å². The summed E-state index contributed by atoms with van der Waals surface area (Å²) in [4.78, 5) is 29.1. The third-order valence-corrected chi connectivity index (χ3v) is 5.66. The second-order valence-corrected chi connectivity index (χ2v) is 7.59. The van der Waals surface area contributed by atoms with Crippen molar-refractivity contribution in [1.29, 1.82) is 0 Å². The first-order chi connectivity index (χ1) is 13.1. The van der Waals surface area contributed by atoms with Crippen LogP contribution in [0, 0.1) is 11.2 Å². The van der Waals surface area contributed by atoms with Crippen LogP contribution in [0.15, 0.2) is 42.9 Å². The van der Waals surface area contributed by atoms with Gasteiger partial charge in [0.25, 0.3) is 5.91 Å². The van der Waals surface area contributed by atoms with Crippen LogP contribution in [0.2, 0.25) is 0 Å². The molecule has 0 atom stereocenters. The molecule has 3 heterocycles. The highest BCUT2D eigenvalue weighted by Crippen LogP contribution is 2.48. The fourth-order valence-electron chi connectivity index (χ4n) is 3.99. The summed E-state index contributed by atoms with van der Waals surface area (Å²) >= 11 is 0. The van der Waals surface area contributed by atoms with E-state index in [2.05, 4.69) is 19.9 Å². The minimum absolute atomic E-state index is 0.0300. The monoisotopic (exact) mass is 365 g/mol. The molecule has 3 aromatic rings. The van der Waals surface area contributed by atoms with Gasteiger partial charge < -0.3 is 14.8 Å². The first-order valence-electron chi connectivity index (χ1n) is 9.22. The van der Waals surface area contributed by atoms with Crippen LogP contribution in [-0.4, -0.2) is 51.9 Å². The number of halogens is 1. The number of anilines is 1. The van der Waals surface area contributed by atoms with Crippen molar-refractivity contribution in [3.8, 4) is 0 Å². The number of nitrogens with zero attached hydrogens (tertiary/aromatic N) is 4. The zero-order valence-electron chi connectivity index (χ0n) is 14.9. The SMILES string of the molecule is O=C(c1ccc(F)cc1)N1CCN(c2ncnc3[nH]ccc23)CC2(CC2)C1. The molecule has 1 spiro atoms. The van der Waals surface area contributed by atoms with Crippen molar-refractivity contribution in [2.24, 2.45) is 5.41 Å². The van der Waals surface area contributed by atoms with Crippen molar-refractivity contribution < 1.29 is 9.18 Å². The Hall–Kier alpha value is -2.96. The molecule has 7 heteroatoms. The van der Waals surface area contributed by atoms with E-state index in [4.69, 9.17) is 0 Å². The lowest BCUT2D eigenvalue weighted by Gasteiger charge is -2.25. The number of amides is 1. The van der Waals surface area contributed by atoms with Gasteiger partial charge in [0.1, 0.15) is 23.6 Å². The number of hydrogen-bond donors (Lipinski definition) is 1. The second kappa shape index (κ2) is 6.04. The van der Waals surface area contributed by atoms with Crippen LogP contribution >= 0.6 is 0 Å². The Balaban J connectivity index is 1.43. The average Bonchev–Trinajstić information content (AvgIpc) is 3.32.